The number of aliphatic imine (C=N–C) groups is 1. The molecule has 0 aliphatic rings. The highest BCUT2D eigenvalue weighted by molar-refractivity contribution is 5.98. The molecule has 0 aromatic heterocycles. The summed E-state index contributed by atoms with van der Waals surface area (Å²) < 4.78 is 5.63. The molecule has 0 aliphatic heterocycles. The zero-order chi connectivity index (χ0) is 12.7. The van der Waals surface area contributed by atoms with Crippen LogP contribution in [0.1, 0.15) is 32.8 Å². The first-order chi connectivity index (χ1) is 8.17. The van der Waals surface area contributed by atoms with Crippen LogP contribution < -0.4 is 16.0 Å². The van der Waals surface area contributed by atoms with E-state index in [-0.39, 0.29) is 6.10 Å². The highest BCUT2D eigenvalue weighted by Gasteiger charge is 2.04. The molecule has 0 radical (unpaired) electrons. The second-order valence-corrected chi connectivity index (χ2v) is 4.07. The summed E-state index contributed by atoms with van der Waals surface area (Å²) in [6.07, 6.45) is 1.15. The zero-order valence-electron chi connectivity index (χ0n) is 10.7. The van der Waals surface area contributed by atoms with Gasteiger partial charge in [0.1, 0.15) is 11.6 Å². The third-order valence-electron chi connectivity index (χ3n) is 2.11. The topological polar surface area (TPSA) is 59.6 Å². The molecule has 0 fully saturated rings. The van der Waals surface area contributed by atoms with E-state index in [2.05, 4.69) is 17.3 Å². The minimum atomic E-state index is 0.159. The molecular formula is C13H21N3O. The van der Waals surface area contributed by atoms with Gasteiger partial charge in [0, 0.05) is 12.1 Å². The van der Waals surface area contributed by atoms with E-state index < -0.39 is 0 Å². The monoisotopic (exact) mass is 235 g/mol. The van der Waals surface area contributed by atoms with Crippen LogP contribution in [0.15, 0.2) is 29.3 Å². The van der Waals surface area contributed by atoms with Crippen LogP contribution >= 0.6 is 0 Å². The van der Waals surface area contributed by atoms with Gasteiger partial charge in [0.2, 0.25) is 0 Å². The van der Waals surface area contributed by atoms with E-state index in [0.29, 0.717) is 5.84 Å². The highest BCUT2D eigenvalue weighted by Crippen LogP contribution is 2.15. The van der Waals surface area contributed by atoms with Crippen LogP contribution in [0.2, 0.25) is 0 Å². The maximum atomic E-state index is 5.63. The smallest absolute Gasteiger partial charge is 0.142 e. The quantitative estimate of drug-likeness (QED) is 0.355. The van der Waals surface area contributed by atoms with E-state index in [9.17, 15) is 0 Å². The number of rotatable bonds is 5. The number of hydrogen-bond acceptors (Lipinski definition) is 3. The van der Waals surface area contributed by atoms with Crippen LogP contribution in [-0.4, -0.2) is 18.5 Å². The number of hydrazine groups is 1. The second-order valence-electron chi connectivity index (χ2n) is 4.07. The number of benzene rings is 1. The third kappa shape index (κ3) is 4.44. The van der Waals surface area contributed by atoms with Gasteiger partial charge in [-0.2, -0.15) is 0 Å². The van der Waals surface area contributed by atoms with Crippen molar-refractivity contribution in [3.8, 4) is 5.75 Å². The Hall–Kier alpha value is -1.55. The molecular weight excluding hydrogens is 214 g/mol. The maximum absolute atomic E-state index is 5.63. The number of amidine groups is 1. The van der Waals surface area contributed by atoms with Crippen LogP contribution in [0.5, 0.6) is 5.75 Å². The van der Waals surface area contributed by atoms with Gasteiger partial charge in [-0.15, -0.1) is 0 Å². The van der Waals surface area contributed by atoms with Gasteiger partial charge in [-0.25, -0.2) is 5.84 Å². The second kappa shape index (κ2) is 6.91. The Balaban J connectivity index is 2.88. The highest BCUT2D eigenvalue weighted by atomic mass is 16.5. The van der Waals surface area contributed by atoms with Crippen molar-refractivity contribution < 1.29 is 4.74 Å². The molecule has 0 spiro atoms. The molecule has 0 amide bonds. The van der Waals surface area contributed by atoms with Crippen molar-refractivity contribution in [3.05, 3.63) is 29.8 Å². The van der Waals surface area contributed by atoms with Crippen molar-refractivity contribution in [2.24, 2.45) is 10.8 Å². The van der Waals surface area contributed by atoms with E-state index in [1.54, 1.807) is 0 Å². The molecule has 1 rings (SSSR count). The summed E-state index contributed by atoms with van der Waals surface area (Å²) >= 11 is 0. The van der Waals surface area contributed by atoms with E-state index in [4.69, 9.17) is 10.6 Å². The van der Waals surface area contributed by atoms with Gasteiger partial charge < -0.3 is 10.2 Å². The molecule has 0 saturated heterocycles. The number of ether oxygens (including phenoxy) is 1. The van der Waals surface area contributed by atoms with E-state index in [0.717, 1.165) is 24.3 Å². The number of nitrogens with zero attached hydrogens (tertiary/aromatic N) is 1. The predicted octanol–water partition coefficient (Wildman–Crippen LogP) is 2.09. The fourth-order valence-corrected chi connectivity index (χ4v) is 1.43. The summed E-state index contributed by atoms with van der Waals surface area (Å²) in [7, 11) is 0. The fourth-order valence-electron chi connectivity index (χ4n) is 1.43. The first-order valence-electron chi connectivity index (χ1n) is 5.95. The van der Waals surface area contributed by atoms with Crippen molar-refractivity contribution in [1.82, 2.24) is 5.43 Å². The van der Waals surface area contributed by atoms with E-state index >= 15 is 0 Å². The Morgan fingerprint density at radius 2 is 2.24 bits per heavy atom. The fraction of sp³-hybridized carbons (Fsp3) is 0.462. The summed E-state index contributed by atoms with van der Waals surface area (Å²) in [6, 6.07) is 7.76. The summed E-state index contributed by atoms with van der Waals surface area (Å²) in [6.45, 7) is 6.84. The lowest BCUT2D eigenvalue weighted by atomic mass is 10.2. The van der Waals surface area contributed by atoms with Crippen LogP contribution in [0, 0.1) is 0 Å². The Bertz CT molecular complexity index is 375. The normalized spacial score (nSPS) is 11.7. The van der Waals surface area contributed by atoms with Gasteiger partial charge in [0.15, 0.2) is 0 Å². The summed E-state index contributed by atoms with van der Waals surface area (Å²) in [5.74, 6) is 7.00. The zero-order valence-corrected chi connectivity index (χ0v) is 10.7. The van der Waals surface area contributed by atoms with Crippen molar-refractivity contribution in [2.45, 2.75) is 33.3 Å². The van der Waals surface area contributed by atoms with Crippen molar-refractivity contribution in [1.29, 1.82) is 0 Å². The molecule has 0 unspecified atom stereocenters. The average Bonchev–Trinajstić information content (AvgIpc) is 2.30. The molecule has 1 aromatic rings. The minimum Gasteiger partial charge on any atom is -0.491 e. The Morgan fingerprint density at radius 3 is 2.82 bits per heavy atom. The standard InChI is InChI=1S/C13H21N3O/c1-4-8-15-13(16-14)11-6-5-7-12(9-11)17-10(2)3/h5-7,9-10H,4,8,14H2,1-3H3,(H,15,16). The van der Waals surface area contributed by atoms with E-state index in [1.807, 2.05) is 38.1 Å². The molecule has 1 aromatic carbocycles. The number of nitrogens with two attached hydrogens (primary N) is 1. The maximum Gasteiger partial charge on any atom is 0.142 e. The molecule has 0 heterocycles. The van der Waals surface area contributed by atoms with Gasteiger partial charge in [0.05, 0.1) is 6.10 Å². The number of hydrogen-bond donors (Lipinski definition) is 2. The minimum absolute atomic E-state index is 0.159. The first kappa shape index (κ1) is 13.5. The summed E-state index contributed by atoms with van der Waals surface area (Å²) in [5.41, 5.74) is 3.57. The summed E-state index contributed by atoms with van der Waals surface area (Å²) in [5, 5.41) is 0. The van der Waals surface area contributed by atoms with Crippen molar-refractivity contribution in [2.75, 3.05) is 6.54 Å². The molecule has 94 valence electrons. The van der Waals surface area contributed by atoms with Crippen molar-refractivity contribution in [3.63, 3.8) is 0 Å². The molecule has 0 saturated carbocycles. The largest absolute Gasteiger partial charge is 0.491 e. The molecule has 4 heteroatoms. The predicted molar refractivity (Wildman–Crippen MR) is 71.2 cm³/mol. The lowest BCUT2D eigenvalue weighted by Gasteiger charge is -2.11. The molecule has 17 heavy (non-hydrogen) atoms. The van der Waals surface area contributed by atoms with Crippen LogP contribution in [0.25, 0.3) is 0 Å². The van der Waals surface area contributed by atoms with Crippen LogP contribution in [0.3, 0.4) is 0 Å². The molecule has 4 nitrogen and oxygen atoms in total. The Kier molecular flexibility index (Phi) is 5.49. The molecule has 0 aliphatic carbocycles. The van der Waals surface area contributed by atoms with Gasteiger partial charge in [0.25, 0.3) is 0 Å². The van der Waals surface area contributed by atoms with E-state index in [1.165, 1.54) is 0 Å². The lowest BCUT2D eigenvalue weighted by Crippen LogP contribution is -2.31. The summed E-state index contributed by atoms with van der Waals surface area (Å²) in [4.78, 5) is 4.38. The average molecular weight is 235 g/mol. The molecule has 3 N–H and O–H groups in total. The lowest BCUT2D eigenvalue weighted by molar-refractivity contribution is 0.242. The van der Waals surface area contributed by atoms with Crippen molar-refractivity contribution >= 4 is 5.84 Å². The van der Waals surface area contributed by atoms with Crippen LogP contribution in [0.4, 0.5) is 0 Å². The Morgan fingerprint density at radius 1 is 1.47 bits per heavy atom. The van der Waals surface area contributed by atoms with Crippen LogP contribution in [-0.2, 0) is 0 Å². The molecule has 0 bridgehead atoms. The Labute approximate surface area is 103 Å². The van der Waals surface area contributed by atoms with Gasteiger partial charge in [-0.3, -0.25) is 4.99 Å². The number of nitrogens with one attached hydrogen (secondary N) is 1. The van der Waals surface area contributed by atoms with Gasteiger partial charge >= 0.3 is 0 Å². The van der Waals surface area contributed by atoms with Gasteiger partial charge in [-0.1, -0.05) is 19.1 Å². The first-order valence-corrected chi connectivity index (χ1v) is 5.95. The van der Waals surface area contributed by atoms with Gasteiger partial charge in [-0.05, 0) is 32.4 Å². The SMILES string of the molecule is CCCN=C(NN)c1cccc(OC(C)C)c1. The molecule has 0 atom stereocenters. The third-order valence-corrected chi connectivity index (χ3v) is 2.11.